The molecule has 0 saturated carbocycles. The quantitative estimate of drug-likeness (QED) is 0.344. The first-order valence-corrected chi connectivity index (χ1v) is 11.0. The molecule has 4 rings (SSSR count). The Labute approximate surface area is 195 Å². The summed E-state index contributed by atoms with van der Waals surface area (Å²) in [6, 6.07) is 19.7. The van der Waals surface area contributed by atoms with Crippen molar-refractivity contribution in [2.45, 2.75) is 32.5 Å². The molecular formula is C27H24F2N2O3. The third kappa shape index (κ3) is 5.31. The maximum atomic E-state index is 13.8. The van der Waals surface area contributed by atoms with Crippen LogP contribution in [0.3, 0.4) is 0 Å². The van der Waals surface area contributed by atoms with Crippen LogP contribution in [-0.4, -0.2) is 15.4 Å². The second kappa shape index (κ2) is 10.3. The van der Waals surface area contributed by atoms with Gasteiger partial charge in [0, 0.05) is 18.8 Å². The van der Waals surface area contributed by atoms with Gasteiger partial charge in [-0.3, -0.25) is 9.59 Å². The van der Waals surface area contributed by atoms with E-state index in [1.54, 1.807) is 59.6 Å². The molecule has 0 saturated heterocycles. The lowest BCUT2D eigenvalue weighted by Gasteiger charge is -2.31. The highest BCUT2D eigenvalue weighted by Crippen LogP contribution is 2.29. The van der Waals surface area contributed by atoms with Gasteiger partial charge < -0.3 is 13.9 Å². The molecule has 5 nitrogen and oxygen atoms in total. The summed E-state index contributed by atoms with van der Waals surface area (Å²) >= 11 is 0. The first-order chi connectivity index (χ1) is 16.4. The monoisotopic (exact) mass is 462 g/mol. The van der Waals surface area contributed by atoms with Gasteiger partial charge in [0.25, 0.3) is 11.5 Å². The Morgan fingerprint density at radius 2 is 1.76 bits per heavy atom. The highest BCUT2D eigenvalue weighted by Gasteiger charge is 2.27. The van der Waals surface area contributed by atoms with Gasteiger partial charge in [-0.25, -0.2) is 8.78 Å². The summed E-state index contributed by atoms with van der Waals surface area (Å²) < 4.78 is 34.7. The van der Waals surface area contributed by atoms with Gasteiger partial charge in [-0.15, -0.1) is 0 Å². The van der Waals surface area contributed by atoms with Crippen LogP contribution in [0.1, 0.15) is 46.8 Å². The van der Waals surface area contributed by atoms with Crippen molar-refractivity contribution in [3.63, 3.8) is 0 Å². The molecule has 2 heterocycles. The van der Waals surface area contributed by atoms with Crippen molar-refractivity contribution in [1.29, 1.82) is 0 Å². The van der Waals surface area contributed by atoms with E-state index in [2.05, 4.69) is 0 Å². The molecule has 0 aliphatic rings. The Hall–Kier alpha value is -4.00. The third-order valence-electron chi connectivity index (χ3n) is 5.62. The Kier molecular flexibility index (Phi) is 7.01. The highest BCUT2D eigenvalue weighted by atomic mass is 19.1. The van der Waals surface area contributed by atoms with Crippen LogP contribution in [-0.2, 0) is 13.1 Å². The number of halogens is 2. The van der Waals surface area contributed by atoms with E-state index < -0.39 is 5.82 Å². The van der Waals surface area contributed by atoms with E-state index in [0.717, 1.165) is 5.56 Å². The summed E-state index contributed by atoms with van der Waals surface area (Å²) in [5.74, 6) is -0.581. The molecule has 2 aromatic heterocycles. The van der Waals surface area contributed by atoms with Crippen molar-refractivity contribution < 1.29 is 18.0 Å². The molecule has 174 valence electrons. The van der Waals surface area contributed by atoms with E-state index in [4.69, 9.17) is 4.42 Å². The van der Waals surface area contributed by atoms with Crippen molar-refractivity contribution >= 4 is 5.91 Å². The fourth-order valence-electron chi connectivity index (χ4n) is 3.96. The largest absolute Gasteiger partial charge is 0.454 e. The summed E-state index contributed by atoms with van der Waals surface area (Å²) in [4.78, 5) is 27.2. The summed E-state index contributed by atoms with van der Waals surface area (Å²) in [6.07, 6.45) is 2.20. The van der Waals surface area contributed by atoms with E-state index in [1.807, 2.05) is 6.92 Å². The van der Waals surface area contributed by atoms with E-state index >= 15 is 0 Å². The van der Waals surface area contributed by atoms with Gasteiger partial charge in [-0.05, 0) is 60.0 Å². The molecule has 0 aliphatic carbocycles. The van der Waals surface area contributed by atoms with Gasteiger partial charge in [0.2, 0.25) is 0 Å². The number of hydrogen-bond acceptors (Lipinski definition) is 3. The molecule has 0 radical (unpaired) electrons. The maximum Gasteiger partial charge on any atom is 0.290 e. The van der Waals surface area contributed by atoms with Crippen LogP contribution in [0.15, 0.2) is 94.3 Å². The molecule has 0 fully saturated rings. The molecule has 1 amide bonds. The second-order valence-corrected chi connectivity index (χ2v) is 7.97. The molecule has 7 heteroatoms. The zero-order valence-corrected chi connectivity index (χ0v) is 18.7. The van der Waals surface area contributed by atoms with Crippen LogP contribution in [0.5, 0.6) is 0 Å². The second-order valence-electron chi connectivity index (χ2n) is 7.97. The summed E-state index contributed by atoms with van der Waals surface area (Å²) in [5.41, 5.74) is 1.20. The summed E-state index contributed by atoms with van der Waals surface area (Å²) in [7, 11) is 0. The fraction of sp³-hybridized carbons (Fsp3) is 0.185. The number of nitrogens with zero attached hydrogens (tertiary/aromatic N) is 2. The Morgan fingerprint density at radius 3 is 2.47 bits per heavy atom. The minimum atomic E-state index is -0.395. The average Bonchev–Trinajstić information content (AvgIpc) is 3.30. The van der Waals surface area contributed by atoms with Gasteiger partial charge in [0.15, 0.2) is 5.76 Å². The van der Waals surface area contributed by atoms with Gasteiger partial charge >= 0.3 is 0 Å². The predicted molar refractivity (Wildman–Crippen MR) is 124 cm³/mol. The fourth-order valence-corrected chi connectivity index (χ4v) is 3.96. The first-order valence-electron chi connectivity index (χ1n) is 11.0. The standard InChI is InChI=1S/C27H24F2N2O3/c1-2-24(20-9-11-21(28)12-10-20)31(17-19-6-5-7-22(29)16-19)27(33)25-14-13-23(34-25)18-30-15-4-3-8-26(30)32/h3-16,24H,2,17-18H2,1H3. The number of carbonyl (C=O) groups is 1. The van der Waals surface area contributed by atoms with Crippen LogP contribution >= 0.6 is 0 Å². The molecule has 2 aromatic carbocycles. The minimum absolute atomic E-state index is 0.107. The lowest BCUT2D eigenvalue weighted by Crippen LogP contribution is -2.34. The Balaban J connectivity index is 1.65. The molecule has 1 atom stereocenters. The number of hydrogen-bond donors (Lipinski definition) is 0. The van der Waals surface area contributed by atoms with E-state index in [9.17, 15) is 18.4 Å². The number of rotatable bonds is 8. The maximum absolute atomic E-state index is 13.8. The SMILES string of the molecule is CCC(c1ccc(F)cc1)N(Cc1cccc(F)c1)C(=O)c1ccc(Cn2ccccc2=O)o1. The summed E-state index contributed by atoms with van der Waals surface area (Å²) in [5, 5.41) is 0. The van der Waals surface area contributed by atoms with Crippen molar-refractivity contribution in [3.8, 4) is 0 Å². The van der Waals surface area contributed by atoms with Crippen molar-refractivity contribution in [2.24, 2.45) is 0 Å². The molecule has 0 N–H and O–H groups in total. The summed E-state index contributed by atoms with van der Waals surface area (Å²) in [6.45, 7) is 2.25. The van der Waals surface area contributed by atoms with Crippen molar-refractivity contribution in [1.82, 2.24) is 9.47 Å². The number of carbonyl (C=O) groups excluding carboxylic acids is 1. The topological polar surface area (TPSA) is 55.5 Å². The molecule has 34 heavy (non-hydrogen) atoms. The minimum Gasteiger partial charge on any atom is -0.454 e. The number of amides is 1. The van der Waals surface area contributed by atoms with Crippen LogP contribution in [0.4, 0.5) is 8.78 Å². The first kappa shape index (κ1) is 23.2. The number of aromatic nitrogens is 1. The van der Waals surface area contributed by atoms with Crippen molar-refractivity contribution in [2.75, 3.05) is 0 Å². The van der Waals surface area contributed by atoms with Crippen LogP contribution in [0.25, 0.3) is 0 Å². The van der Waals surface area contributed by atoms with Gasteiger partial charge in [-0.2, -0.15) is 0 Å². The smallest absolute Gasteiger partial charge is 0.290 e. The molecule has 4 aromatic rings. The van der Waals surface area contributed by atoms with Gasteiger partial charge in [0.1, 0.15) is 17.4 Å². The zero-order chi connectivity index (χ0) is 24.1. The number of benzene rings is 2. The normalized spacial score (nSPS) is 11.9. The van der Waals surface area contributed by atoms with Crippen LogP contribution in [0, 0.1) is 11.6 Å². The van der Waals surface area contributed by atoms with E-state index in [0.29, 0.717) is 17.7 Å². The lowest BCUT2D eigenvalue weighted by molar-refractivity contribution is 0.0617. The number of pyridine rings is 1. The van der Waals surface area contributed by atoms with Crippen LogP contribution < -0.4 is 5.56 Å². The molecule has 0 aliphatic heterocycles. The molecule has 0 bridgehead atoms. The lowest BCUT2D eigenvalue weighted by atomic mass is 10.0. The average molecular weight is 462 g/mol. The van der Waals surface area contributed by atoms with Gasteiger partial charge in [-0.1, -0.05) is 37.3 Å². The molecule has 1 unspecified atom stereocenters. The highest BCUT2D eigenvalue weighted by molar-refractivity contribution is 5.91. The van der Waals surface area contributed by atoms with E-state index in [-0.39, 0.29) is 42.2 Å². The zero-order valence-electron chi connectivity index (χ0n) is 18.7. The molecular weight excluding hydrogens is 438 g/mol. The van der Waals surface area contributed by atoms with E-state index in [1.165, 1.54) is 34.9 Å². The van der Waals surface area contributed by atoms with Gasteiger partial charge in [0.05, 0.1) is 12.6 Å². The van der Waals surface area contributed by atoms with Crippen molar-refractivity contribution in [3.05, 3.63) is 130 Å². The number of furan rings is 1. The Bertz CT molecular complexity index is 1330. The Morgan fingerprint density at radius 1 is 0.971 bits per heavy atom. The van der Waals surface area contributed by atoms with Crippen LogP contribution in [0.2, 0.25) is 0 Å². The molecule has 0 spiro atoms. The predicted octanol–water partition coefficient (Wildman–Crippen LogP) is 5.56. The third-order valence-corrected chi connectivity index (χ3v) is 5.62.